The van der Waals surface area contributed by atoms with Gasteiger partial charge in [0.05, 0.1) is 24.5 Å². The Hall–Kier alpha value is -2.93. The van der Waals surface area contributed by atoms with Gasteiger partial charge in [-0.1, -0.05) is 37.6 Å². The molecule has 3 heterocycles. The van der Waals surface area contributed by atoms with Crippen molar-refractivity contribution < 1.29 is 4.79 Å². The maximum Gasteiger partial charge on any atom is 0.260 e. The molecule has 2 aromatic heterocycles. The quantitative estimate of drug-likeness (QED) is 0.756. The van der Waals surface area contributed by atoms with Gasteiger partial charge in [0.25, 0.3) is 5.91 Å². The molecule has 0 spiro atoms. The van der Waals surface area contributed by atoms with Gasteiger partial charge in [0, 0.05) is 11.8 Å². The average Bonchev–Trinajstić information content (AvgIpc) is 3.17. The molecule has 1 aliphatic carbocycles. The summed E-state index contributed by atoms with van der Waals surface area (Å²) in [5, 5.41) is 9.00. The number of fused-ring (bicyclic) bond motifs is 1. The van der Waals surface area contributed by atoms with Gasteiger partial charge in [-0.05, 0) is 37.3 Å². The van der Waals surface area contributed by atoms with E-state index in [0.29, 0.717) is 6.54 Å². The monoisotopic (exact) mass is 378 g/mol. The number of anilines is 1. The molecule has 1 aliphatic heterocycles. The summed E-state index contributed by atoms with van der Waals surface area (Å²) < 4.78 is 1.69. The Morgan fingerprint density at radius 1 is 1.43 bits per heavy atom. The van der Waals surface area contributed by atoms with Crippen LogP contribution in [0.3, 0.4) is 0 Å². The van der Waals surface area contributed by atoms with Crippen molar-refractivity contribution in [3.8, 4) is 0 Å². The van der Waals surface area contributed by atoms with Gasteiger partial charge in [-0.3, -0.25) is 9.80 Å². The number of nitrogens with one attached hydrogen (secondary N) is 2. The zero-order valence-corrected chi connectivity index (χ0v) is 16.1. The van der Waals surface area contributed by atoms with Gasteiger partial charge in [-0.2, -0.15) is 5.10 Å². The summed E-state index contributed by atoms with van der Waals surface area (Å²) in [5.41, 5.74) is 7.07. The fourth-order valence-corrected chi connectivity index (χ4v) is 3.76. The molecule has 2 N–H and O–H groups in total. The zero-order chi connectivity index (χ0) is 19.5. The number of aromatic nitrogens is 3. The SMILES string of the molecule is C=C(CN1NC(C2=CCC(CC)CC2)C=CC1=O)Nc1ccc2ncnn2c1. The zero-order valence-electron chi connectivity index (χ0n) is 16.1. The molecule has 0 aromatic carbocycles. The summed E-state index contributed by atoms with van der Waals surface area (Å²) >= 11 is 0. The van der Waals surface area contributed by atoms with Crippen LogP contribution in [0.2, 0.25) is 0 Å². The van der Waals surface area contributed by atoms with Crippen molar-refractivity contribution >= 4 is 17.2 Å². The Bertz CT molecular complexity index is 943. The van der Waals surface area contributed by atoms with E-state index in [2.05, 4.69) is 40.4 Å². The van der Waals surface area contributed by atoms with Gasteiger partial charge in [0.1, 0.15) is 6.33 Å². The van der Waals surface area contributed by atoms with E-state index < -0.39 is 0 Å². The van der Waals surface area contributed by atoms with Crippen LogP contribution in [-0.2, 0) is 4.79 Å². The van der Waals surface area contributed by atoms with Crippen LogP contribution in [-0.4, -0.2) is 38.1 Å². The lowest BCUT2D eigenvalue weighted by Crippen LogP contribution is -2.51. The molecule has 2 aliphatic rings. The number of hydrogen-bond donors (Lipinski definition) is 2. The average molecular weight is 378 g/mol. The molecule has 1 amide bonds. The number of rotatable bonds is 6. The van der Waals surface area contributed by atoms with E-state index >= 15 is 0 Å². The number of carbonyl (C=O) groups excluding carboxylic acids is 1. The minimum atomic E-state index is -0.0613. The van der Waals surface area contributed by atoms with Crippen molar-refractivity contribution in [3.63, 3.8) is 0 Å². The van der Waals surface area contributed by atoms with Crippen molar-refractivity contribution in [2.45, 2.75) is 38.6 Å². The number of allylic oxidation sites excluding steroid dienone is 1. The third kappa shape index (κ3) is 3.99. The second-order valence-corrected chi connectivity index (χ2v) is 7.43. The van der Waals surface area contributed by atoms with E-state index in [1.165, 1.54) is 24.7 Å². The van der Waals surface area contributed by atoms with Crippen molar-refractivity contribution in [2.24, 2.45) is 5.92 Å². The summed E-state index contributed by atoms with van der Waals surface area (Å²) in [6.45, 7) is 6.70. The molecule has 146 valence electrons. The summed E-state index contributed by atoms with van der Waals surface area (Å²) in [7, 11) is 0. The fourth-order valence-electron chi connectivity index (χ4n) is 3.76. The lowest BCUT2D eigenvalue weighted by atomic mass is 9.85. The molecule has 0 saturated carbocycles. The van der Waals surface area contributed by atoms with Gasteiger partial charge >= 0.3 is 0 Å². The lowest BCUT2D eigenvalue weighted by molar-refractivity contribution is -0.129. The molecule has 2 aromatic rings. The molecule has 0 fully saturated rings. The predicted octanol–water partition coefficient (Wildman–Crippen LogP) is 3.06. The standard InChI is InChI=1S/C21H26N6O/c1-3-16-4-6-17(7-5-16)19-9-11-21(28)27(25-19)12-15(2)24-18-8-10-20-22-14-23-26(20)13-18/h6,8-11,13-14,16,19,24-25H,2-5,7,12H2,1H3. The van der Waals surface area contributed by atoms with Crippen LogP contribution in [0.25, 0.3) is 5.65 Å². The summed E-state index contributed by atoms with van der Waals surface area (Å²) in [6, 6.07) is 3.88. The largest absolute Gasteiger partial charge is 0.357 e. The minimum absolute atomic E-state index is 0.0613. The Balaban J connectivity index is 1.38. The van der Waals surface area contributed by atoms with Gasteiger partial charge in [0.15, 0.2) is 5.65 Å². The smallest absolute Gasteiger partial charge is 0.260 e. The fraction of sp³-hybridized carbons (Fsp3) is 0.381. The van der Waals surface area contributed by atoms with Crippen molar-refractivity contribution in [1.29, 1.82) is 0 Å². The first kappa shape index (κ1) is 18.4. The van der Waals surface area contributed by atoms with Gasteiger partial charge in [-0.25, -0.2) is 14.9 Å². The first-order valence-electron chi connectivity index (χ1n) is 9.81. The molecule has 28 heavy (non-hydrogen) atoms. The lowest BCUT2D eigenvalue weighted by Gasteiger charge is -2.34. The normalized spacial score (nSPS) is 22.4. The first-order chi connectivity index (χ1) is 13.6. The second kappa shape index (κ2) is 7.98. The van der Waals surface area contributed by atoms with Crippen LogP contribution in [0.4, 0.5) is 5.69 Å². The number of amides is 1. The summed E-state index contributed by atoms with van der Waals surface area (Å²) in [4.78, 5) is 16.4. The highest BCUT2D eigenvalue weighted by Gasteiger charge is 2.25. The highest BCUT2D eigenvalue weighted by Crippen LogP contribution is 2.28. The van der Waals surface area contributed by atoms with Crippen LogP contribution in [0, 0.1) is 5.92 Å². The maximum atomic E-state index is 12.3. The minimum Gasteiger partial charge on any atom is -0.357 e. The Morgan fingerprint density at radius 2 is 2.32 bits per heavy atom. The van der Waals surface area contributed by atoms with E-state index in [1.54, 1.807) is 15.6 Å². The topological polar surface area (TPSA) is 74.6 Å². The number of pyridine rings is 1. The molecule has 7 nitrogen and oxygen atoms in total. The number of carbonyl (C=O) groups is 1. The Morgan fingerprint density at radius 3 is 3.11 bits per heavy atom. The first-order valence-corrected chi connectivity index (χ1v) is 9.81. The molecule has 2 unspecified atom stereocenters. The van der Waals surface area contributed by atoms with E-state index in [9.17, 15) is 4.79 Å². The van der Waals surface area contributed by atoms with E-state index in [1.807, 2.05) is 24.4 Å². The van der Waals surface area contributed by atoms with Crippen molar-refractivity contribution in [2.75, 3.05) is 11.9 Å². The van der Waals surface area contributed by atoms with Crippen LogP contribution in [0.15, 0.2) is 60.7 Å². The molecule has 2 atom stereocenters. The van der Waals surface area contributed by atoms with Crippen LogP contribution < -0.4 is 10.7 Å². The highest BCUT2D eigenvalue weighted by molar-refractivity contribution is 5.88. The van der Waals surface area contributed by atoms with Gasteiger partial charge in [0.2, 0.25) is 0 Å². The molecular weight excluding hydrogens is 352 g/mol. The molecule has 0 bridgehead atoms. The van der Waals surface area contributed by atoms with Crippen molar-refractivity contribution in [1.82, 2.24) is 25.0 Å². The van der Waals surface area contributed by atoms with E-state index in [-0.39, 0.29) is 11.9 Å². The number of hydrogen-bond acceptors (Lipinski definition) is 5. The molecule has 7 heteroatoms. The predicted molar refractivity (Wildman–Crippen MR) is 109 cm³/mol. The van der Waals surface area contributed by atoms with E-state index in [4.69, 9.17) is 0 Å². The molecule has 0 radical (unpaired) electrons. The number of hydrazine groups is 1. The van der Waals surface area contributed by atoms with Crippen LogP contribution >= 0.6 is 0 Å². The summed E-state index contributed by atoms with van der Waals surface area (Å²) in [5.74, 6) is 0.731. The van der Waals surface area contributed by atoms with E-state index in [0.717, 1.165) is 35.8 Å². The van der Waals surface area contributed by atoms with Gasteiger partial charge < -0.3 is 5.32 Å². The molecular formula is C21H26N6O. The van der Waals surface area contributed by atoms with Gasteiger partial charge in [-0.15, -0.1) is 0 Å². The van der Waals surface area contributed by atoms with Crippen LogP contribution in [0.5, 0.6) is 0 Å². The number of nitrogens with zero attached hydrogens (tertiary/aromatic N) is 4. The Kier molecular flexibility index (Phi) is 5.25. The second-order valence-electron chi connectivity index (χ2n) is 7.43. The summed E-state index contributed by atoms with van der Waals surface area (Å²) in [6.07, 6.45) is 14.0. The Labute approximate surface area is 164 Å². The molecule has 4 rings (SSSR count). The third-order valence-corrected chi connectivity index (χ3v) is 5.47. The maximum absolute atomic E-state index is 12.3. The van der Waals surface area contributed by atoms with Crippen LogP contribution in [0.1, 0.15) is 32.6 Å². The third-order valence-electron chi connectivity index (χ3n) is 5.47. The molecule has 0 saturated heterocycles. The van der Waals surface area contributed by atoms with Crippen molar-refractivity contribution in [3.05, 3.63) is 60.7 Å². The highest BCUT2D eigenvalue weighted by atomic mass is 16.2.